The molecule has 1 unspecified atom stereocenters. The zero-order chi connectivity index (χ0) is 49.4. The predicted octanol–water partition coefficient (Wildman–Crippen LogP) is -2.78. The number of unbranched alkanes of at least 4 members (excludes halogenated alkanes) is 1. The van der Waals surface area contributed by atoms with E-state index in [1.54, 1.807) is 19.1 Å². The third kappa shape index (κ3) is 29.1. The summed E-state index contributed by atoms with van der Waals surface area (Å²) in [6.45, 7) is 2.83. The molecule has 0 aromatic heterocycles. The van der Waals surface area contributed by atoms with Crippen LogP contribution in [0.25, 0.3) is 5.73 Å². The number of aliphatic carboxylic acids is 1. The van der Waals surface area contributed by atoms with Crippen LogP contribution in [0.3, 0.4) is 0 Å². The van der Waals surface area contributed by atoms with Crippen molar-refractivity contribution in [2.24, 2.45) is 17.6 Å². The standard InChI is InChI=1S/C43H66N7O15S2.K/c1-2-37(54)49-34(43(60)61)10-11-38(55)47-13-15-62-17-20-65-25-40(57)48-14-16-63-18-19-64-24-39(56)46-12-4-3-5-33-36(53)23-30(26-66-67-27-32(44)42(59)50-33)35(52)22-29(41(45)58)21-28-6-8-31(51)9-7-28;/h6-9,29-30,32-34,44,51H,2-5,10-27H2,1H3,(H2,45,58)(H,46,56)(H,47,55)(H,48,57)(H,49,54)(H,50,59)(H,60,61);/q-1;+1/t29-,30+,32+,33+,34?;/m1./s1. The molecule has 1 aromatic rings. The van der Waals surface area contributed by atoms with E-state index in [9.17, 15) is 48.3 Å². The van der Waals surface area contributed by atoms with Crippen LogP contribution < -0.4 is 83.7 Å². The Morgan fingerprint density at radius 1 is 0.809 bits per heavy atom. The second-order valence-electron chi connectivity index (χ2n) is 15.4. The molecule has 68 heavy (non-hydrogen) atoms. The van der Waals surface area contributed by atoms with E-state index in [0.717, 1.165) is 0 Å². The van der Waals surface area contributed by atoms with Crippen LogP contribution in [-0.4, -0.2) is 165 Å². The number of ketones is 2. The Bertz CT molecular complexity index is 1750. The number of phenols is 1. The number of carbonyl (C=O) groups is 9. The van der Waals surface area contributed by atoms with Crippen LogP contribution in [0.1, 0.15) is 63.9 Å². The molecule has 1 aliphatic rings. The van der Waals surface area contributed by atoms with Gasteiger partial charge in [0.05, 0.1) is 45.7 Å². The number of nitrogens with one attached hydrogen (secondary N) is 6. The Morgan fingerprint density at radius 3 is 1.97 bits per heavy atom. The van der Waals surface area contributed by atoms with Gasteiger partial charge in [-0.05, 0) is 61.6 Å². The predicted molar refractivity (Wildman–Crippen MR) is 247 cm³/mol. The van der Waals surface area contributed by atoms with Crippen molar-refractivity contribution in [3.63, 3.8) is 0 Å². The minimum Gasteiger partial charge on any atom is -0.666 e. The first kappa shape index (κ1) is 62.8. The fraction of sp³-hybridized carbons (Fsp3) is 0.651. The van der Waals surface area contributed by atoms with E-state index in [0.29, 0.717) is 18.4 Å². The third-order valence-electron chi connectivity index (χ3n) is 9.98. The average Bonchev–Trinajstić information content (AvgIpc) is 3.31. The Kier molecular flexibility index (Phi) is 34.7. The second kappa shape index (κ2) is 37.6. The summed E-state index contributed by atoms with van der Waals surface area (Å²) in [4.78, 5) is 111. The van der Waals surface area contributed by atoms with Crippen LogP contribution in [0.2, 0.25) is 0 Å². The van der Waals surface area contributed by atoms with Crippen molar-refractivity contribution in [3.05, 3.63) is 35.6 Å². The molecule has 1 aromatic carbocycles. The molecular weight excluding hydrogens is 958 g/mol. The van der Waals surface area contributed by atoms with Crippen molar-refractivity contribution in [3.8, 4) is 5.75 Å². The molecule has 1 fully saturated rings. The van der Waals surface area contributed by atoms with Crippen LogP contribution in [-0.2, 0) is 68.5 Å². The van der Waals surface area contributed by atoms with Crippen molar-refractivity contribution in [2.75, 3.05) is 84.0 Å². The van der Waals surface area contributed by atoms with Crippen LogP contribution in [0.15, 0.2) is 24.3 Å². The zero-order valence-electron chi connectivity index (χ0n) is 38.8. The van der Waals surface area contributed by atoms with Gasteiger partial charge in [-0.15, -0.1) is 0 Å². The molecule has 25 heteroatoms. The monoisotopic (exact) mass is 1020 g/mol. The Labute approximate surface area is 446 Å². The number of carbonyl (C=O) groups excluding carboxylic acids is 8. The summed E-state index contributed by atoms with van der Waals surface area (Å²) >= 11 is 0. The van der Waals surface area contributed by atoms with Gasteiger partial charge >= 0.3 is 57.4 Å². The molecule has 1 saturated heterocycles. The molecule has 5 atom stereocenters. The summed E-state index contributed by atoms with van der Waals surface area (Å²) in [6, 6.07) is 3.03. The van der Waals surface area contributed by atoms with Crippen LogP contribution >= 0.6 is 21.6 Å². The van der Waals surface area contributed by atoms with E-state index >= 15 is 0 Å². The third-order valence-corrected chi connectivity index (χ3v) is 12.5. The maximum absolute atomic E-state index is 13.5. The Hall–Kier alpha value is -3.21. The SMILES string of the molecule is CCC(=O)NC(CCC(=O)NCCOCCOCC(=O)NCCOCCOCC(=O)NCCCC[C@@H]1NC(=O)[C@@H]([NH-])CSSC[C@@H](C(=O)C[C@@H](Cc2ccc(O)cc2)C(N)=O)CC1=O)C(=O)O.[K+]. The van der Waals surface area contributed by atoms with Gasteiger partial charge in [-0.2, -0.15) is 0 Å². The zero-order valence-corrected chi connectivity index (χ0v) is 43.6. The molecule has 22 nitrogen and oxygen atoms in total. The van der Waals surface area contributed by atoms with Crippen molar-refractivity contribution >= 4 is 74.6 Å². The number of Topliss-reactive ketones (excluding diaryl/α,β-unsaturated/α-hetero) is 2. The Morgan fingerprint density at radius 2 is 1.38 bits per heavy atom. The van der Waals surface area contributed by atoms with Gasteiger partial charge in [-0.25, -0.2) is 4.79 Å². The van der Waals surface area contributed by atoms with Crippen molar-refractivity contribution in [1.82, 2.24) is 26.6 Å². The molecule has 0 saturated carbocycles. The van der Waals surface area contributed by atoms with E-state index in [-0.39, 0.29) is 215 Å². The minimum absolute atomic E-state index is 0. The van der Waals surface area contributed by atoms with E-state index in [2.05, 4.69) is 26.6 Å². The van der Waals surface area contributed by atoms with Gasteiger partial charge in [0, 0.05) is 62.9 Å². The van der Waals surface area contributed by atoms with E-state index in [1.807, 2.05) is 0 Å². The molecule has 1 heterocycles. The van der Waals surface area contributed by atoms with Gasteiger partial charge in [0.25, 0.3) is 0 Å². The second-order valence-corrected chi connectivity index (χ2v) is 18.0. The quantitative estimate of drug-likeness (QED) is 0.0201. The fourth-order valence-corrected chi connectivity index (χ4v) is 8.60. The summed E-state index contributed by atoms with van der Waals surface area (Å²) in [5, 5.41) is 31.7. The number of benzene rings is 1. The fourth-order valence-electron chi connectivity index (χ4n) is 6.17. The minimum atomic E-state index is -1.21. The first-order valence-corrected chi connectivity index (χ1v) is 24.6. The van der Waals surface area contributed by atoms with Gasteiger partial charge in [0.2, 0.25) is 35.4 Å². The molecule has 0 spiro atoms. The van der Waals surface area contributed by atoms with Gasteiger partial charge in [0.15, 0.2) is 5.78 Å². The summed E-state index contributed by atoms with van der Waals surface area (Å²) in [5.41, 5.74) is 14.6. The maximum Gasteiger partial charge on any atom is 1.00 e. The number of phenolic OH excluding ortho intramolecular Hbond substituents is 1. The molecule has 376 valence electrons. The number of amides is 6. The van der Waals surface area contributed by atoms with Gasteiger partial charge in [-0.3, -0.25) is 38.4 Å². The number of aromatic hydroxyl groups is 1. The average molecular weight is 1020 g/mol. The topological polar surface area (TPSA) is 341 Å². The smallest absolute Gasteiger partial charge is 0.666 e. The maximum atomic E-state index is 13.5. The molecular formula is C43H66KN7O15S2. The van der Waals surface area contributed by atoms with Crippen LogP contribution in [0.4, 0.5) is 0 Å². The normalized spacial score (nSPS) is 17.2. The molecule has 0 radical (unpaired) electrons. The van der Waals surface area contributed by atoms with Gasteiger partial charge < -0.3 is 67.2 Å². The number of nitrogens with two attached hydrogens (primary N) is 1. The molecule has 1 aliphatic heterocycles. The van der Waals surface area contributed by atoms with Crippen LogP contribution in [0.5, 0.6) is 5.75 Å². The summed E-state index contributed by atoms with van der Waals surface area (Å²) in [6.07, 6.45) is 1.01. The summed E-state index contributed by atoms with van der Waals surface area (Å²) in [5.74, 6) is -5.74. The van der Waals surface area contributed by atoms with E-state index in [4.69, 9.17) is 35.5 Å². The number of hydrogen-bond acceptors (Lipinski definition) is 16. The van der Waals surface area contributed by atoms with E-state index in [1.165, 1.54) is 33.7 Å². The van der Waals surface area contributed by atoms with Gasteiger partial charge in [0.1, 0.15) is 30.8 Å². The van der Waals surface area contributed by atoms with E-state index < -0.39 is 53.7 Å². The van der Waals surface area contributed by atoms with Gasteiger partial charge in [-0.1, -0.05) is 40.6 Å². The van der Waals surface area contributed by atoms with Crippen LogP contribution in [0, 0.1) is 11.8 Å². The summed E-state index contributed by atoms with van der Waals surface area (Å²) < 4.78 is 21.3. The number of hydrogen-bond donors (Lipinski definition) is 8. The van der Waals surface area contributed by atoms with Crippen molar-refractivity contribution in [1.29, 1.82) is 0 Å². The number of rotatable bonds is 33. The largest absolute Gasteiger partial charge is 1.00 e. The molecule has 6 amide bonds. The molecule has 0 aliphatic carbocycles. The number of carboxylic acids is 1. The first-order valence-electron chi connectivity index (χ1n) is 22.1. The van der Waals surface area contributed by atoms with Crippen molar-refractivity contribution in [2.45, 2.75) is 82.8 Å². The first-order chi connectivity index (χ1) is 32.1. The number of carboxylic acid groups (broad SMARTS) is 1. The molecule has 0 bridgehead atoms. The molecule has 2 rings (SSSR count). The molecule has 10 N–H and O–H groups in total. The summed E-state index contributed by atoms with van der Waals surface area (Å²) in [7, 11) is 2.56. The number of ether oxygens (including phenoxy) is 4. The number of primary amides is 1. The Balaban J connectivity index is 0.0000231. The van der Waals surface area contributed by atoms with Crippen molar-refractivity contribution < 1.29 is 124 Å².